The quantitative estimate of drug-likeness (QED) is 0.484. The number of rotatable bonds is 6. The third-order valence-electron chi connectivity index (χ3n) is 2.76. The predicted octanol–water partition coefficient (Wildman–Crippen LogP) is 3.68. The van der Waals surface area contributed by atoms with Gasteiger partial charge in [-0.3, -0.25) is 4.79 Å². The number of nitrogens with one attached hydrogen (secondary N) is 2. The fourth-order valence-electron chi connectivity index (χ4n) is 1.74. The summed E-state index contributed by atoms with van der Waals surface area (Å²) in [6.07, 6.45) is 1.32. The highest BCUT2D eigenvalue weighted by Gasteiger charge is 2.00. The first kappa shape index (κ1) is 15.9. The van der Waals surface area contributed by atoms with Crippen molar-refractivity contribution in [2.45, 2.75) is 13.5 Å². The minimum absolute atomic E-state index is 0.430. The summed E-state index contributed by atoms with van der Waals surface area (Å²) in [5.41, 5.74) is 5.08. The van der Waals surface area contributed by atoms with Gasteiger partial charge in [0.15, 0.2) is 0 Å². The van der Waals surface area contributed by atoms with Gasteiger partial charge >= 0.3 is 5.97 Å². The summed E-state index contributed by atoms with van der Waals surface area (Å²) < 4.78 is 0. The van der Waals surface area contributed by atoms with Crippen LogP contribution in [0.1, 0.15) is 12.5 Å². The van der Waals surface area contributed by atoms with Crippen molar-refractivity contribution < 1.29 is 9.63 Å². The molecule has 0 unspecified atom stereocenters. The molecule has 0 heterocycles. The van der Waals surface area contributed by atoms with E-state index in [1.165, 1.54) is 13.3 Å². The average molecular weight is 318 g/mol. The van der Waals surface area contributed by atoms with Gasteiger partial charge in [0.2, 0.25) is 0 Å². The van der Waals surface area contributed by atoms with Crippen LogP contribution in [0, 0.1) is 0 Å². The topological polar surface area (TPSA) is 62.7 Å². The van der Waals surface area contributed by atoms with Crippen LogP contribution in [0.5, 0.6) is 0 Å². The normalized spacial score (nSPS) is 10.5. The lowest BCUT2D eigenvalue weighted by molar-refractivity contribution is -0.144. The molecule has 2 N–H and O–H groups in total. The van der Waals surface area contributed by atoms with Crippen LogP contribution in [0.2, 0.25) is 5.02 Å². The van der Waals surface area contributed by atoms with Gasteiger partial charge in [-0.25, -0.2) is 10.5 Å². The highest BCUT2D eigenvalue weighted by molar-refractivity contribution is 6.30. The largest absolute Gasteiger partial charge is 0.379 e. The minimum atomic E-state index is -0.430. The SMILES string of the molecule is CC(=O)ONC=Nc1ccccc1NCc1ccc(Cl)cc1. The zero-order chi connectivity index (χ0) is 15.8. The first-order valence-corrected chi connectivity index (χ1v) is 7.06. The Morgan fingerprint density at radius 2 is 1.95 bits per heavy atom. The molecule has 0 fully saturated rings. The monoisotopic (exact) mass is 317 g/mol. The van der Waals surface area contributed by atoms with Gasteiger partial charge < -0.3 is 10.2 Å². The molecule has 0 atom stereocenters. The van der Waals surface area contributed by atoms with Crippen molar-refractivity contribution in [1.29, 1.82) is 0 Å². The van der Waals surface area contributed by atoms with Gasteiger partial charge in [-0.2, -0.15) is 0 Å². The number of aliphatic imine (C=N–C) groups is 1. The molecule has 0 spiro atoms. The van der Waals surface area contributed by atoms with Gasteiger partial charge in [-0.05, 0) is 29.8 Å². The van der Waals surface area contributed by atoms with Gasteiger partial charge in [0, 0.05) is 18.5 Å². The Kier molecular flexibility index (Phi) is 5.80. The lowest BCUT2D eigenvalue weighted by Crippen LogP contribution is -2.15. The number of carbonyl (C=O) groups is 1. The number of carbonyl (C=O) groups excluding carboxylic acids is 1. The summed E-state index contributed by atoms with van der Waals surface area (Å²) in [6, 6.07) is 15.2. The molecule has 6 heteroatoms. The van der Waals surface area contributed by atoms with Gasteiger partial charge in [-0.15, -0.1) is 0 Å². The summed E-state index contributed by atoms with van der Waals surface area (Å²) >= 11 is 5.86. The molecule has 0 aliphatic heterocycles. The van der Waals surface area contributed by atoms with Crippen molar-refractivity contribution in [2.75, 3.05) is 5.32 Å². The molecule has 0 radical (unpaired) electrons. The molecule has 114 valence electrons. The maximum Gasteiger partial charge on any atom is 0.329 e. The molecule has 2 aromatic rings. The highest BCUT2D eigenvalue weighted by atomic mass is 35.5. The Morgan fingerprint density at radius 3 is 2.68 bits per heavy atom. The van der Waals surface area contributed by atoms with Crippen LogP contribution >= 0.6 is 11.6 Å². The fraction of sp³-hybridized carbons (Fsp3) is 0.125. The number of halogens is 1. The van der Waals surface area contributed by atoms with Crippen LogP contribution in [-0.4, -0.2) is 12.3 Å². The molecule has 0 saturated carbocycles. The van der Waals surface area contributed by atoms with Gasteiger partial charge in [-0.1, -0.05) is 35.9 Å². The number of nitrogens with zero attached hydrogens (tertiary/aromatic N) is 1. The molecule has 0 aromatic heterocycles. The maximum atomic E-state index is 10.6. The molecule has 0 bridgehead atoms. The number of hydrogen-bond acceptors (Lipinski definition) is 4. The van der Waals surface area contributed by atoms with Crippen molar-refractivity contribution in [3.63, 3.8) is 0 Å². The van der Waals surface area contributed by atoms with Crippen molar-refractivity contribution in [1.82, 2.24) is 5.48 Å². The number of anilines is 1. The van der Waals surface area contributed by atoms with Crippen LogP contribution in [0.4, 0.5) is 11.4 Å². The summed E-state index contributed by atoms with van der Waals surface area (Å²) in [6.45, 7) is 1.96. The van der Waals surface area contributed by atoms with Crippen LogP contribution in [0.3, 0.4) is 0 Å². The van der Waals surface area contributed by atoms with Gasteiger partial charge in [0.25, 0.3) is 0 Å². The molecule has 22 heavy (non-hydrogen) atoms. The lowest BCUT2D eigenvalue weighted by Gasteiger charge is -2.09. The van der Waals surface area contributed by atoms with E-state index in [0.717, 1.165) is 16.9 Å². The third-order valence-corrected chi connectivity index (χ3v) is 3.01. The summed E-state index contributed by atoms with van der Waals surface area (Å²) in [5, 5.41) is 4.02. The summed E-state index contributed by atoms with van der Waals surface area (Å²) in [4.78, 5) is 19.4. The Hall–Kier alpha value is -2.53. The smallest absolute Gasteiger partial charge is 0.329 e. The van der Waals surface area contributed by atoms with Crippen molar-refractivity contribution >= 4 is 35.3 Å². The average Bonchev–Trinajstić information content (AvgIpc) is 2.52. The van der Waals surface area contributed by atoms with Crippen LogP contribution in [0.25, 0.3) is 0 Å². The molecule has 0 aliphatic carbocycles. The Morgan fingerprint density at radius 1 is 1.23 bits per heavy atom. The second-order valence-electron chi connectivity index (χ2n) is 4.47. The molecule has 5 nitrogen and oxygen atoms in total. The highest BCUT2D eigenvalue weighted by Crippen LogP contribution is 2.24. The molecule has 0 aliphatic rings. The fourth-order valence-corrected chi connectivity index (χ4v) is 1.87. The minimum Gasteiger partial charge on any atom is -0.379 e. The Bertz CT molecular complexity index is 657. The molecule has 0 amide bonds. The number of hydrogen-bond donors (Lipinski definition) is 2. The second-order valence-corrected chi connectivity index (χ2v) is 4.90. The van der Waals surface area contributed by atoms with Gasteiger partial charge in [0.05, 0.1) is 11.4 Å². The predicted molar refractivity (Wildman–Crippen MR) is 88.3 cm³/mol. The van der Waals surface area contributed by atoms with E-state index in [9.17, 15) is 4.79 Å². The van der Waals surface area contributed by atoms with Gasteiger partial charge in [0.1, 0.15) is 6.34 Å². The molecule has 2 rings (SSSR count). The van der Waals surface area contributed by atoms with Crippen molar-refractivity contribution in [3.05, 3.63) is 59.1 Å². The lowest BCUT2D eigenvalue weighted by atomic mass is 10.2. The van der Waals surface area contributed by atoms with E-state index in [4.69, 9.17) is 11.6 Å². The number of hydroxylamine groups is 1. The number of benzene rings is 2. The van der Waals surface area contributed by atoms with E-state index in [1.54, 1.807) is 0 Å². The summed E-state index contributed by atoms with van der Waals surface area (Å²) in [7, 11) is 0. The van der Waals surface area contributed by atoms with E-state index in [1.807, 2.05) is 48.5 Å². The van der Waals surface area contributed by atoms with E-state index >= 15 is 0 Å². The first-order valence-electron chi connectivity index (χ1n) is 6.68. The van der Waals surface area contributed by atoms with Crippen LogP contribution in [-0.2, 0) is 16.2 Å². The third kappa shape index (κ3) is 5.10. The zero-order valence-corrected chi connectivity index (χ0v) is 12.8. The maximum absolute atomic E-state index is 10.6. The molecule has 2 aromatic carbocycles. The van der Waals surface area contributed by atoms with Crippen molar-refractivity contribution in [3.8, 4) is 0 Å². The Balaban J connectivity index is 1.98. The molecule has 0 saturated heterocycles. The van der Waals surface area contributed by atoms with E-state index in [-0.39, 0.29) is 0 Å². The first-order chi connectivity index (χ1) is 10.6. The van der Waals surface area contributed by atoms with E-state index < -0.39 is 5.97 Å². The van der Waals surface area contributed by atoms with Crippen LogP contribution in [0.15, 0.2) is 53.5 Å². The zero-order valence-electron chi connectivity index (χ0n) is 12.0. The van der Waals surface area contributed by atoms with Crippen molar-refractivity contribution in [2.24, 2.45) is 4.99 Å². The van der Waals surface area contributed by atoms with E-state index in [2.05, 4.69) is 20.6 Å². The Labute approximate surface area is 133 Å². The standard InChI is InChI=1S/C16H16ClN3O2/c1-12(21)22-20-11-19-16-5-3-2-4-15(16)18-10-13-6-8-14(17)9-7-13/h2-9,11,18H,10H2,1H3,(H,19,20). The summed E-state index contributed by atoms with van der Waals surface area (Å²) in [5.74, 6) is -0.430. The van der Waals surface area contributed by atoms with E-state index in [0.29, 0.717) is 11.6 Å². The van der Waals surface area contributed by atoms with Crippen LogP contribution < -0.4 is 10.8 Å². The molecular weight excluding hydrogens is 302 g/mol. The number of para-hydroxylation sites is 2. The second kappa shape index (κ2) is 8.05. The molecular formula is C16H16ClN3O2.